The van der Waals surface area contributed by atoms with Gasteiger partial charge in [0.2, 0.25) is 11.7 Å². The molecule has 102 valence electrons. The molecule has 20 heavy (non-hydrogen) atoms. The first-order valence-electron chi connectivity index (χ1n) is 6.35. The molecule has 1 atom stereocenters. The van der Waals surface area contributed by atoms with E-state index in [1.165, 1.54) is 16.9 Å². The summed E-state index contributed by atoms with van der Waals surface area (Å²) in [6.45, 7) is 0. The lowest BCUT2D eigenvalue weighted by atomic mass is 10.1. The summed E-state index contributed by atoms with van der Waals surface area (Å²) in [6.07, 6.45) is 3.38. The monoisotopic (exact) mass is 286 g/mol. The first-order chi connectivity index (χ1) is 9.83. The minimum atomic E-state index is -0.246. The number of hydrogen-bond donors (Lipinski definition) is 1. The normalized spacial score (nSPS) is 12.4. The van der Waals surface area contributed by atoms with E-state index in [-0.39, 0.29) is 6.04 Å². The van der Waals surface area contributed by atoms with Gasteiger partial charge in [-0.15, -0.1) is 11.3 Å². The summed E-state index contributed by atoms with van der Waals surface area (Å²) in [6, 6.07) is 9.98. The molecule has 3 rings (SSSR count). The van der Waals surface area contributed by atoms with Gasteiger partial charge in [-0.2, -0.15) is 4.98 Å². The van der Waals surface area contributed by atoms with E-state index in [2.05, 4.69) is 27.3 Å². The van der Waals surface area contributed by atoms with Crippen LogP contribution in [0.25, 0.3) is 10.7 Å². The Morgan fingerprint density at radius 2 is 2.10 bits per heavy atom. The molecule has 3 aromatic rings. The maximum absolute atomic E-state index is 6.10. The van der Waals surface area contributed by atoms with Crippen molar-refractivity contribution in [2.45, 2.75) is 18.9 Å². The van der Waals surface area contributed by atoms with Gasteiger partial charge >= 0.3 is 0 Å². The molecule has 0 aliphatic heterocycles. The number of benzene rings is 1. The first kappa shape index (κ1) is 13.0. The van der Waals surface area contributed by atoms with Crippen molar-refractivity contribution < 1.29 is 4.52 Å². The Kier molecular flexibility index (Phi) is 3.85. The summed E-state index contributed by atoms with van der Waals surface area (Å²) in [5.74, 6) is 1.03. The summed E-state index contributed by atoms with van der Waals surface area (Å²) in [5, 5.41) is 3.94. The summed E-state index contributed by atoms with van der Waals surface area (Å²) in [7, 11) is 0. The predicted octanol–water partition coefficient (Wildman–Crippen LogP) is 2.83. The molecule has 0 radical (unpaired) electrons. The molecule has 0 saturated heterocycles. The van der Waals surface area contributed by atoms with Gasteiger partial charge in [-0.25, -0.2) is 0 Å². The van der Waals surface area contributed by atoms with Gasteiger partial charge in [-0.1, -0.05) is 35.5 Å². The molecule has 1 aromatic carbocycles. The molecular weight excluding hydrogens is 272 g/mol. The summed E-state index contributed by atoms with van der Waals surface area (Å²) < 4.78 is 5.23. The maximum Gasteiger partial charge on any atom is 0.243 e. The van der Waals surface area contributed by atoms with Gasteiger partial charge in [-0.3, -0.25) is 4.98 Å². The topological polar surface area (TPSA) is 77.8 Å². The first-order valence-corrected chi connectivity index (χ1v) is 7.23. The van der Waals surface area contributed by atoms with Crippen LogP contribution in [0.15, 0.2) is 46.6 Å². The van der Waals surface area contributed by atoms with E-state index in [1.54, 1.807) is 11.7 Å². The number of nitrogens with zero attached hydrogens (tertiary/aromatic N) is 3. The Bertz CT molecular complexity index is 651. The summed E-state index contributed by atoms with van der Waals surface area (Å²) >= 11 is 1.47. The number of nitrogens with two attached hydrogens (primary N) is 1. The molecule has 2 heterocycles. The highest BCUT2D eigenvalue weighted by molar-refractivity contribution is 7.13. The van der Waals surface area contributed by atoms with Crippen LogP contribution in [0, 0.1) is 0 Å². The van der Waals surface area contributed by atoms with Crippen molar-refractivity contribution in [3.8, 4) is 10.7 Å². The van der Waals surface area contributed by atoms with Crippen LogP contribution in [0.4, 0.5) is 0 Å². The molecular formula is C14H14N4OS. The fourth-order valence-electron chi connectivity index (χ4n) is 1.90. The highest BCUT2D eigenvalue weighted by Crippen LogP contribution is 2.22. The van der Waals surface area contributed by atoms with Gasteiger partial charge in [0, 0.05) is 6.20 Å². The molecule has 0 saturated carbocycles. The van der Waals surface area contributed by atoms with Crippen LogP contribution in [-0.2, 0) is 6.42 Å². The van der Waals surface area contributed by atoms with Crippen LogP contribution < -0.4 is 5.73 Å². The molecule has 0 bridgehead atoms. The maximum atomic E-state index is 6.10. The van der Waals surface area contributed by atoms with Crippen LogP contribution in [0.1, 0.15) is 23.9 Å². The lowest BCUT2D eigenvalue weighted by molar-refractivity contribution is 0.349. The van der Waals surface area contributed by atoms with E-state index in [0.29, 0.717) is 11.7 Å². The average Bonchev–Trinajstić information content (AvgIpc) is 3.16. The fraction of sp³-hybridized carbons (Fsp3) is 0.214. The van der Waals surface area contributed by atoms with Gasteiger partial charge in [0.15, 0.2) is 0 Å². The third-order valence-corrected chi connectivity index (χ3v) is 3.77. The lowest BCUT2D eigenvalue weighted by Crippen LogP contribution is -2.11. The van der Waals surface area contributed by atoms with Crippen LogP contribution in [0.5, 0.6) is 0 Å². The zero-order valence-electron chi connectivity index (χ0n) is 10.8. The Labute approximate surface area is 120 Å². The van der Waals surface area contributed by atoms with Crippen LogP contribution >= 0.6 is 11.3 Å². The number of hydrogen-bond acceptors (Lipinski definition) is 6. The number of rotatable bonds is 5. The van der Waals surface area contributed by atoms with E-state index < -0.39 is 0 Å². The van der Waals surface area contributed by atoms with Gasteiger partial charge in [0.05, 0.1) is 16.4 Å². The van der Waals surface area contributed by atoms with E-state index in [1.807, 2.05) is 18.2 Å². The smallest absolute Gasteiger partial charge is 0.243 e. The van der Waals surface area contributed by atoms with Gasteiger partial charge < -0.3 is 10.3 Å². The quantitative estimate of drug-likeness (QED) is 0.780. The highest BCUT2D eigenvalue weighted by atomic mass is 32.1. The molecule has 2 N–H and O–H groups in total. The largest absolute Gasteiger partial charge is 0.337 e. The number of thiazole rings is 1. The predicted molar refractivity (Wildman–Crippen MR) is 77.1 cm³/mol. The molecule has 0 fully saturated rings. The minimum absolute atomic E-state index is 0.246. The molecule has 0 amide bonds. The van der Waals surface area contributed by atoms with Crippen molar-refractivity contribution in [1.82, 2.24) is 15.1 Å². The standard InChI is InChI=1S/C14H14N4OS/c15-11(7-6-10-4-2-1-3-5-10)14-17-13(18-19-14)12-8-16-9-20-12/h1-5,8-9,11H,6-7,15H2. The highest BCUT2D eigenvalue weighted by Gasteiger charge is 2.16. The molecule has 0 spiro atoms. The minimum Gasteiger partial charge on any atom is -0.337 e. The Hall–Kier alpha value is -2.05. The van der Waals surface area contributed by atoms with E-state index in [4.69, 9.17) is 10.3 Å². The lowest BCUT2D eigenvalue weighted by Gasteiger charge is -2.06. The molecule has 1 unspecified atom stereocenters. The fourth-order valence-corrected chi connectivity index (χ4v) is 2.45. The third-order valence-electron chi connectivity index (χ3n) is 3.00. The number of aryl methyl sites for hydroxylation is 1. The summed E-state index contributed by atoms with van der Waals surface area (Å²) in [5.41, 5.74) is 9.09. The zero-order valence-corrected chi connectivity index (χ0v) is 11.6. The molecule has 2 aromatic heterocycles. The van der Waals surface area contributed by atoms with Crippen LogP contribution in [0.2, 0.25) is 0 Å². The van der Waals surface area contributed by atoms with Crippen LogP contribution in [0.3, 0.4) is 0 Å². The van der Waals surface area contributed by atoms with E-state index in [0.717, 1.165) is 17.7 Å². The molecule has 0 aliphatic carbocycles. The second-order valence-corrected chi connectivity index (χ2v) is 5.34. The zero-order chi connectivity index (χ0) is 13.8. The third kappa shape index (κ3) is 2.92. The molecule has 0 aliphatic rings. The van der Waals surface area contributed by atoms with Crippen molar-refractivity contribution >= 4 is 11.3 Å². The SMILES string of the molecule is NC(CCc1ccccc1)c1nc(-c2cncs2)no1. The van der Waals surface area contributed by atoms with Crippen molar-refractivity contribution in [3.05, 3.63) is 53.5 Å². The van der Waals surface area contributed by atoms with Gasteiger partial charge in [0.1, 0.15) is 0 Å². The Morgan fingerprint density at radius 3 is 2.85 bits per heavy atom. The second kappa shape index (κ2) is 5.94. The second-order valence-electron chi connectivity index (χ2n) is 4.45. The van der Waals surface area contributed by atoms with Crippen molar-refractivity contribution in [1.29, 1.82) is 0 Å². The number of aromatic nitrogens is 3. The van der Waals surface area contributed by atoms with Crippen LogP contribution in [-0.4, -0.2) is 15.1 Å². The molecule has 6 heteroatoms. The van der Waals surface area contributed by atoms with Gasteiger partial charge in [0.25, 0.3) is 0 Å². The van der Waals surface area contributed by atoms with E-state index >= 15 is 0 Å². The van der Waals surface area contributed by atoms with E-state index in [9.17, 15) is 0 Å². The molecule has 5 nitrogen and oxygen atoms in total. The van der Waals surface area contributed by atoms with Gasteiger partial charge in [-0.05, 0) is 18.4 Å². The Morgan fingerprint density at radius 1 is 1.25 bits per heavy atom. The Balaban J connectivity index is 1.64. The average molecular weight is 286 g/mol. The van der Waals surface area contributed by atoms with Crippen molar-refractivity contribution in [2.75, 3.05) is 0 Å². The summed E-state index contributed by atoms with van der Waals surface area (Å²) in [4.78, 5) is 9.21. The van der Waals surface area contributed by atoms with Crippen molar-refractivity contribution in [2.24, 2.45) is 5.73 Å². The van der Waals surface area contributed by atoms with Crippen molar-refractivity contribution in [3.63, 3.8) is 0 Å².